The summed E-state index contributed by atoms with van der Waals surface area (Å²) in [6, 6.07) is 11.7. The smallest absolute Gasteiger partial charge is 0.323 e. The van der Waals surface area contributed by atoms with E-state index in [9.17, 15) is 4.79 Å². The third-order valence-electron chi connectivity index (χ3n) is 2.72. The number of carbonyl (C=O) groups is 1. The lowest BCUT2D eigenvalue weighted by Crippen LogP contribution is -2.28. The van der Waals surface area contributed by atoms with Crippen LogP contribution in [0.25, 0.3) is 10.9 Å². The average Bonchev–Trinajstić information content (AvgIpc) is 2.75. The molecule has 1 aliphatic heterocycles. The Balaban J connectivity index is 2.08. The molecule has 0 atom stereocenters. The normalized spacial score (nSPS) is 15.5. The highest BCUT2D eigenvalue weighted by molar-refractivity contribution is 5.94. The van der Waals surface area contributed by atoms with E-state index in [0.29, 0.717) is 18.9 Å². The second kappa shape index (κ2) is 3.48. The number of nitrogens with one attached hydrogen (secondary N) is 1. The van der Waals surface area contributed by atoms with Crippen molar-refractivity contribution in [3.63, 3.8) is 0 Å². The lowest BCUT2D eigenvalue weighted by Gasteiger charge is -2.13. The van der Waals surface area contributed by atoms with E-state index in [1.807, 2.05) is 36.4 Å². The van der Waals surface area contributed by atoms with Crippen LogP contribution in [-0.2, 0) is 0 Å². The van der Waals surface area contributed by atoms with Gasteiger partial charge < -0.3 is 5.32 Å². The number of rotatable bonds is 1. The van der Waals surface area contributed by atoms with Crippen LogP contribution >= 0.6 is 0 Å². The molecule has 1 aliphatic rings. The second-order valence-corrected chi connectivity index (χ2v) is 3.75. The van der Waals surface area contributed by atoms with Gasteiger partial charge in [0, 0.05) is 18.5 Å². The number of pyridine rings is 1. The summed E-state index contributed by atoms with van der Waals surface area (Å²) in [5, 5.41) is 3.85. The number of urea groups is 1. The third kappa shape index (κ3) is 1.39. The van der Waals surface area contributed by atoms with Crippen LogP contribution in [-0.4, -0.2) is 24.1 Å². The van der Waals surface area contributed by atoms with Crippen molar-refractivity contribution in [3.8, 4) is 0 Å². The first-order valence-electron chi connectivity index (χ1n) is 5.26. The lowest BCUT2D eigenvalue weighted by molar-refractivity contribution is 0.252. The van der Waals surface area contributed by atoms with Crippen LogP contribution in [0.4, 0.5) is 10.6 Å². The maximum Gasteiger partial charge on any atom is 0.323 e. The number of anilines is 1. The van der Waals surface area contributed by atoms with Crippen LogP contribution in [0.5, 0.6) is 0 Å². The predicted molar refractivity (Wildman–Crippen MR) is 62.5 cm³/mol. The number of aromatic nitrogens is 1. The van der Waals surface area contributed by atoms with E-state index in [1.165, 1.54) is 0 Å². The fraction of sp³-hybridized carbons (Fsp3) is 0.167. The summed E-state index contributed by atoms with van der Waals surface area (Å²) < 4.78 is 0. The van der Waals surface area contributed by atoms with Crippen molar-refractivity contribution < 1.29 is 4.79 Å². The minimum absolute atomic E-state index is 0.0669. The largest absolute Gasteiger partial charge is 0.336 e. The van der Waals surface area contributed by atoms with Gasteiger partial charge in [-0.25, -0.2) is 9.78 Å². The fourth-order valence-corrected chi connectivity index (χ4v) is 1.90. The summed E-state index contributed by atoms with van der Waals surface area (Å²) in [6.07, 6.45) is 0. The van der Waals surface area contributed by atoms with Crippen molar-refractivity contribution in [2.24, 2.45) is 0 Å². The molecule has 0 radical (unpaired) electrons. The highest BCUT2D eigenvalue weighted by Crippen LogP contribution is 2.18. The van der Waals surface area contributed by atoms with E-state index in [4.69, 9.17) is 0 Å². The first-order valence-corrected chi connectivity index (χ1v) is 5.26. The summed E-state index contributed by atoms with van der Waals surface area (Å²) >= 11 is 0. The van der Waals surface area contributed by atoms with Gasteiger partial charge in [-0.2, -0.15) is 0 Å². The number of amides is 2. The van der Waals surface area contributed by atoms with Gasteiger partial charge in [0.05, 0.1) is 5.52 Å². The van der Waals surface area contributed by atoms with Gasteiger partial charge in [-0.3, -0.25) is 4.90 Å². The highest BCUT2D eigenvalue weighted by Gasteiger charge is 2.21. The Morgan fingerprint density at radius 1 is 1.19 bits per heavy atom. The minimum Gasteiger partial charge on any atom is -0.336 e. The van der Waals surface area contributed by atoms with Crippen LogP contribution in [0.15, 0.2) is 36.4 Å². The Morgan fingerprint density at radius 3 is 2.88 bits per heavy atom. The van der Waals surface area contributed by atoms with Crippen molar-refractivity contribution in [2.75, 3.05) is 18.0 Å². The molecular weight excluding hydrogens is 202 g/mol. The molecule has 1 aromatic carbocycles. The predicted octanol–water partition coefficient (Wildman–Crippen LogP) is 1.76. The zero-order chi connectivity index (χ0) is 11.0. The van der Waals surface area contributed by atoms with Crippen molar-refractivity contribution in [1.82, 2.24) is 10.3 Å². The molecule has 2 amide bonds. The Kier molecular flexibility index (Phi) is 1.99. The number of hydrogen-bond donors (Lipinski definition) is 1. The summed E-state index contributed by atoms with van der Waals surface area (Å²) in [7, 11) is 0. The summed E-state index contributed by atoms with van der Waals surface area (Å²) in [5.74, 6) is 0.716. The minimum atomic E-state index is -0.0669. The van der Waals surface area contributed by atoms with Gasteiger partial charge in [-0.05, 0) is 18.2 Å². The fourth-order valence-electron chi connectivity index (χ4n) is 1.90. The number of nitrogens with zero attached hydrogens (tertiary/aromatic N) is 2. The monoisotopic (exact) mass is 213 g/mol. The van der Waals surface area contributed by atoms with Crippen LogP contribution < -0.4 is 10.2 Å². The molecule has 4 nitrogen and oxygen atoms in total. The Hall–Kier alpha value is -2.10. The maximum atomic E-state index is 11.5. The molecule has 3 rings (SSSR count). The van der Waals surface area contributed by atoms with Crippen molar-refractivity contribution in [2.45, 2.75) is 0 Å². The highest BCUT2D eigenvalue weighted by atomic mass is 16.2. The first kappa shape index (κ1) is 9.15. The van der Waals surface area contributed by atoms with Gasteiger partial charge >= 0.3 is 6.03 Å². The second-order valence-electron chi connectivity index (χ2n) is 3.75. The Morgan fingerprint density at radius 2 is 2.06 bits per heavy atom. The zero-order valence-electron chi connectivity index (χ0n) is 8.68. The molecule has 0 unspecified atom stereocenters. The molecule has 0 spiro atoms. The molecule has 16 heavy (non-hydrogen) atoms. The molecule has 2 aromatic rings. The van der Waals surface area contributed by atoms with Gasteiger partial charge in [0.2, 0.25) is 0 Å². The van der Waals surface area contributed by atoms with Gasteiger partial charge in [0.1, 0.15) is 5.82 Å². The number of fused-ring (bicyclic) bond motifs is 1. The van der Waals surface area contributed by atoms with E-state index >= 15 is 0 Å². The van der Waals surface area contributed by atoms with Crippen LogP contribution in [0.1, 0.15) is 0 Å². The van der Waals surface area contributed by atoms with E-state index < -0.39 is 0 Å². The van der Waals surface area contributed by atoms with E-state index in [2.05, 4.69) is 10.3 Å². The molecule has 1 fully saturated rings. The van der Waals surface area contributed by atoms with Crippen LogP contribution in [0, 0.1) is 0 Å². The summed E-state index contributed by atoms with van der Waals surface area (Å²) in [4.78, 5) is 17.6. The Labute approximate surface area is 92.9 Å². The standard InChI is InChI=1S/C12H11N3O/c16-12-13-7-8-15(12)11-6-5-9-3-1-2-4-10(9)14-11/h1-6H,7-8H2,(H,13,16). The molecule has 0 bridgehead atoms. The maximum absolute atomic E-state index is 11.5. The van der Waals surface area contributed by atoms with Crippen molar-refractivity contribution >= 4 is 22.8 Å². The molecule has 80 valence electrons. The molecule has 1 saturated heterocycles. The topological polar surface area (TPSA) is 45.2 Å². The van der Waals surface area contributed by atoms with Gasteiger partial charge in [-0.15, -0.1) is 0 Å². The quantitative estimate of drug-likeness (QED) is 0.784. The molecule has 1 aromatic heterocycles. The summed E-state index contributed by atoms with van der Waals surface area (Å²) in [5.41, 5.74) is 0.916. The van der Waals surface area contributed by atoms with Crippen molar-refractivity contribution in [1.29, 1.82) is 0 Å². The molecule has 0 aliphatic carbocycles. The van der Waals surface area contributed by atoms with Gasteiger partial charge in [0.25, 0.3) is 0 Å². The van der Waals surface area contributed by atoms with E-state index in [0.717, 1.165) is 10.9 Å². The first-order chi connectivity index (χ1) is 7.84. The zero-order valence-corrected chi connectivity index (χ0v) is 8.68. The van der Waals surface area contributed by atoms with Crippen LogP contribution in [0.2, 0.25) is 0 Å². The molecule has 1 N–H and O–H groups in total. The molecule has 4 heteroatoms. The average molecular weight is 213 g/mol. The lowest BCUT2D eigenvalue weighted by atomic mass is 10.2. The van der Waals surface area contributed by atoms with Gasteiger partial charge in [0.15, 0.2) is 0 Å². The van der Waals surface area contributed by atoms with Crippen molar-refractivity contribution in [3.05, 3.63) is 36.4 Å². The number of carbonyl (C=O) groups excluding carboxylic acids is 1. The number of benzene rings is 1. The molecular formula is C12H11N3O. The SMILES string of the molecule is O=C1NCCN1c1ccc2ccccc2n1. The van der Waals surface area contributed by atoms with E-state index in [-0.39, 0.29) is 6.03 Å². The summed E-state index contributed by atoms with van der Waals surface area (Å²) in [6.45, 7) is 1.37. The van der Waals surface area contributed by atoms with E-state index in [1.54, 1.807) is 4.90 Å². The molecule has 0 saturated carbocycles. The van der Waals surface area contributed by atoms with Crippen LogP contribution in [0.3, 0.4) is 0 Å². The number of hydrogen-bond acceptors (Lipinski definition) is 2. The Bertz CT molecular complexity index is 553. The number of para-hydroxylation sites is 1. The third-order valence-corrected chi connectivity index (χ3v) is 2.72. The van der Waals surface area contributed by atoms with Gasteiger partial charge in [-0.1, -0.05) is 18.2 Å². The molecule has 2 heterocycles.